The van der Waals surface area contributed by atoms with Crippen LogP contribution in [0.1, 0.15) is 60.2 Å². The molecule has 0 aromatic heterocycles. The topological polar surface area (TPSA) is 32.8 Å². The third-order valence-corrected chi connectivity index (χ3v) is 6.81. The number of anilines is 1. The van der Waals surface area contributed by atoms with Crippen LogP contribution in [0.25, 0.3) is 0 Å². The minimum atomic E-state index is -0.282. The fraction of sp³-hybridized carbons (Fsp3) is 0.640. The maximum atomic E-state index is 13.2. The molecular formula is C25H39FN2O2. The van der Waals surface area contributed by atoms with Crippen LogP contribution < -0.4 is 4.90 Å². The first kappa shape index (κ1) is 22.8. The van der Waals surface area contributed by atoms with Gasteiger partial charge in [-0.25, -0.2) is 4.39 Å². The largest absolute Gasteiger partial charge is 0.462 e. The Balaban J connectivity index is 0.00000341. The second-order valence-corrected chi connectivity index (χ2v) is 9.04. The van der Waals surface area contributed by atoms with E-state index >= 15 is 0 Å². The molecule has 1 aromatic rings. The van der Waals surface area contributed by atoms with Gasteiger partial charge in [0.05, 0.1) is 5.41 Å². The summed E-state index contributed by atoms with van der Waals surface area (Å²) in [6.45, 7) is 12.0. The number of allylic oxidation sites excluding steroid dienone is 1. The Kier molecular flexibility index (Phi) is 7.93. The summed E-state index contributed by atoms with van der Waals surface area (Å²) in [5.41, 5.74) is 0.798. The SMILES string of the molecule is C=CCCCC1(CCC)C[C@H](CCN2CCN(c3ccc(F)cc3)C[C@H]2C)OC1=O.[HH]. The zero-order valence-corrected chi connectivity index (χ0v) is 18.6. The van der Waals surface area contributed by atoms with Crippen molar-refractivity contribution in [3.63, 3.8) is 0 Å². The lowest BCUT2D eigenvalue weighted by Gasteiger charge is -2.41. The molecule has 0 aliphatic carbocycles. The molecule has 3 atom stereocenters. The highest BCUT2D eigenvalue weighted by Crippen LogP contribution is 2.43. The molecule has 2 saturated heterocycles. The number of rotatable bonds is 10. The Morgan fingerprint density at radius 1 is 1.30 bits per heavy atom. The van der Waals surface area contributed by atoms with Crippen LogP contribution in [0, 0.1) is 11.2 Å². The molecule has 30 heavy (non-hydrogen) atoms. The number of halogens is 1. The Morgan fingerprint density at radius 3 is 2.73 bits per heavy atom. The van der Waals surface area contributed by atoms with Crippen molar-refractivity contribution in [1.82, 2.24) is 4.90 Å². The molecule has 1 aromatic carbocycles. The fourth-order valence-corrected chi connectivity index (χ4v) is 5.12. The van der Waals surface area contributed by atoms with E-state index in [1.807, 2.05) is 18.2 Å². The van der Waals surface area contributed by atoms with Gasteiger partial charge in [-0.1, -0.05) is 19.4 Å². The molecule has 4 nitrogen and oxygen atoms in total. The second-order valence-electron chi connectivity index (χ2n) is 9.04. The van der Waals surface area contributed by atoms with Gasteiger partial charge < -0.3 is 9.64 Å². The monoisotopic (exact) mass is 418 g/mol. The van der Waals surface area contributed by atoms with Gasteiger partial charge in [-0.05, 0) is 63.3 Å². The van der Waals surface area contributed by atoms with Crippen LogP contribution in [-0.2, 0) is 9.53 Å². The molecule has 0 amide bonds. The number of cyclic esters (lactones) is 1. The maximum absolute atomic E-state index is 13.2. The fourth-order valence-electron chi connectivity index (χ4n) is 5.12. The van der Waals surface area contributed by atoms with Gasteiger partial charge in [-0.2, -0.15) is 0 Å². The van der Waals surface area contributed by atoms with Crippen LogP contribution in [-0.4, -0.2) is 49.2 Å². The summed E-state index contributed by atoms with van der Waals surface area (Å²) in [5, 5.41) is 0. The molecule has 2 aliphatic rings. The number of benzene rings is 1. The van der Waals surface area contributed by atoms with Crippen molar-refractivity contribution >= 4 is 11.7 Å². The number of hydrogen-bond donors (Lipinski definition) is 0. The standard InChI is InChI=1S/C25H37FN2O2.H2/c1-4-6-7-14-25(13-5-2)18-23(30-24(25)29)12-15-27-16-17-28(19-20(27)3)22-10-8-21(26)9-11-22;/h4,8-11,20,23H,1,5-7,12-19H2,2-3H3;1H/t20-,23+,25?;/m1./s1. The van der Waals surface area contributed by atoms with Gasteiger partial charge >= 0.3 is 5.97 Å². The number of hydrogen-bond acceptors (Lipinski definition) is 4. The molecule has 0 N–H and O–H groups in total. The molecule has 0 radical (unpaired) electrons. The van der Waals surface area contributed by atoms with Crippen LogP contribution in [0.15, 0.2) is 36.9 Å². The lowest BCUT2D eigenvalue weighted by molar-refractivity contribution is -0.149. The molecule has 2 aliphatic heterocycles. The quantitative estimate of drug-likeness (QED) is 0.288. The number of carbonyl (C=O) groups is 1. The Hall–Kier alpha value is -1.88. The molecule has 1 unspecified atom stereocenters. The van der Waals surface area contributed by atoms with E-state index in [1.165, 1.54) is 12.1 Å². The number of unbranched alkanes of at least 4 members (excludes halogenated alkanes) is 1. The zero-order chi connectivity index (χ0) is 21.6. The van der Waals surface area contributed by atoms with Crippen LogP contribution in [0.4, 0.5) is 10.1 Å². The maximum Gasteiger partial charge on any atom is 0.312 e. The molecule has 168 valence electrons. The normalized spacial score (nSPS) is 27.3. The van der Waals surface area contributed by atoms with Gasteiger partial charge in [0.1, 0.15) is 11.9 Å². The van der Waals surface area contributed by atoms with Crippen molar-refractivity contribution in [3.05, 3.63) is 42.7 Å². The molecule has 0 bridgehead atoms. The first-order valence-corrected chi connectivity index (χ1v) is 11.5. The van der Waals surface area contributed by atoms with Gasteiger partial charge in [-0.3, -0.25) is 9.69 Å². The van der Waals surface area contributed by atoms with Crippen LogP contribution in [0.2, 0.25) is 0 Å². The molecule has 5 heteroatoms. The van der Waals surface area contributed by atoms with E-state index in [0.29, 0.717) is 6.04 Å². The third-order valence-electron chi connectivity index (χ3n) is 6.81. The van der Waals surface area contributed by atoms with Crippen molar-refractivity contribution in [2.45, 2.75) is 70.9 Å². The zero-order valence-electron chi connectivity index (χ0n) is 18.6. The summed E-state index contributed by atoms with van der Waals surface area (Å²) in [4.78, 5) is 17.5. The highest BCUT2D eigenvalue weighted by Gasteiger charge is 2.47. The molecule has 2 fully saturated rings. The van der Waals surface area contributed by atoms with Crippen LogP contribution >= 0.6 is 0 Å². The highest BCUT2D eigenvalue weighted by atomic mass is 19.1. The molecule has 0 saturated carbocycles. The van der Waals surface area contributed by atoms with Gasteiger partial charge in [-0.15, -0.1) is 6.58 Å². The molecule has 3 rings (SSSR count). The van der Waals surface area contributed by atoms with E-state index in [-0.39, 0.29) is 24.7 Å². The molecule has 0 spiro atoms. The Morgan fingerprint density at radius 2 is 2.07 bits per heavy atom. The van der Waals surface area contributed by atoms with Gasteiger partial charge in [0.2, 0.25) is 0 Å². The average Bonchev–Trinajstić information content (AvgIpc) is 3.03. The van der Waals surface area contributed by atoms with Crippen molar-refractivity contribution in [3.8, 4) is 0 Å². The summed E-state index contributed by atoms with van der Waals surface area (Å²) in [7, 11) is 0. The number of esters is 1. The summed E-state index contributed by atoms with van der Waals surface area (Å²) < 4.78 is 19.0. The molecular weight excluding hydrogens is 379 g/mol. The minimum Gasteiger partial charge on any atom is -0.462 e. The first-order valence-electron chi connectivity index (χ1n) is 11.5. The Labute approximate surface area is 182 Å². The van der Waals surface area contributed by atoms with E-state index in [4.69, 9.17) is 4.74 Å². The summed E-state index contributed by atoms with van der Waals surface area (Å²) in [5.74, 6) is -0.173. The number of piperazine rings is 1. The predicted octanol–water partition coefficient (Wildman–Crippen LogP) is 5.43. The van der Waals surface area contributed by atoms with E-state index in [2.05, 4.69) is 30.2 Å². The van der Waals surface area contributed by atoms with Gasteiger partial charge in [0.25, 0.3) is 0 Å². The van der Waals surface area contributed by atoms with Crippen LogP contribution in [0.3, 0.4) is 0 Å². The summed E-state index contributed by atoms with van der Waals surface area (Å²) in [6.07, 6.45) is 8.55. The summed E-state index contributed by atoms with van der Waals surface area (Å²) in [6, 6.07) is 7.18. The van der Waals surface area contributed by atoms with Crippen molar-refractivity contribution in [2.24, 2.45) is 5.41 Å². The lowest BCUT2D eigenvalue weighted by atomic mass is 9.76. The van der Waals surface area contributed by atoms with Crippen molar-refractivity contribution in [2.75, 3.05) is 31.1 Å². The number of carbonyl (C=O) groups excluding carboxylic acids is 1. The lowest BCUT2D eigenvalue weighted by Crippen LogP contribution is -2.52. The van der Waals surface area contributed by atoms with Crippen LogP contribution in [0.5, 0.6) is 0 Å². The summed E-state index contributed by atoms with van der Waals surface area (Å²) >= 11 is 0. The van der Waals surface area contributed by atoms with E-state index in [0.717, 1.165) is 76.8 Å². The number of ether oxygens (including phenoxy) is 1. The van der Waals surface area contributed by atoms with E-state index < -0.39 is 0 Å². The smallest absolute Gasteiger partial charge is 0.312 e. The second kappa shape index (κ2) is 10.4. The van der Waals surface area contributed by atoms with Crippen molar-refractivity contribution < 1.29 is 15.3 Å². The molecule has 2 heterocycles. The first-order chi connectivity index (χ1) is 14.5. The highest BCUT2D eigenvalue weighted by molar-refractivity contribution is 5.79. The van der Waals surface area contributed by atoms with Gasteiger partial charge in [0.15, 0.2) is 0 Å². The predicted molar refractivity (Wildman–Crippen MR) is 122 cm³/mol. The van der Waals surface area contributed by atoms with Crippen molar-refractivity contribution in [1.29, 1.82) is 0 Å². The average molecular weight is 419 g/mol. The van der Waals surface area contributed by atoms with E-state index in [1.54, 1.807) is 0 Å². The van der Waals surface area contributed by atoms with Gasteiger partial charge in [0, 0.05) is 45.8 Å². The Bertz CT molecular complexity index is 714. The third kappa shape index (κ3) is 5.42. The minimum absolute atomic E-state index is 0. The number of nitrogens with zero attached hydrogens (tertiary/aromatic N) is 2. The van der Waals surface area contributed by atoms with E-state index in [9.17, 15) is 9.18 Å².